The summed E-state index contributed by atoms with van der Waals surface area (Å²) >= 11 is 0. The molecule has 0 amide bonds. The van der Waals surface area contributed by atoms with Crippen LogP contribution in [0.1, 0.15) is 5.69 Å². The molecule has 0 N–H and O–H groups in total. The van der Waals surface area contributed by atoms with E-state index < -0.39 is 8.07 Å². The van der Waals surface area contributed by atoms with Crippen LogP contribution in [0.25, 0.3) is 0 Å². The molecule has 0 unspecified atom stereocenters. The Labute approximate surface area is 74.1 Å². The molecule has 0 saturated carbocycles. The number of hydrogen-bond acceptors (Lipinski definition) is 2. The number of hydrogen-bond donors (Lipinski definition) is 0. The average Bonchev–Trinajstić information content (AvgIpc) is 2.06. The highest BCUT2D eigenvalue weighted by molar-refractivity contribution is 6.84. The topological polar surface area (TPSA) is 25.8 Å². The van der Waals surface area contributed by atoms with Crippen molar-refractivity contribution in [1.82, 2.24) is 9.97 Å². The number of aromatic nitrogens is 2. The van der Waals surface area contributed by atoms with E-state index in [2.05, 4.69) is 28.6 Å². The van der Waals surface area contributed by atoms with Gasteiger partial charge in [0.15, 0.2) is 0 Å². The largest absolute Gasteiger partial charge is 0.261 e. The summed E-state index contributed by atoms with van der Waals surface area (Å²) in [4.78, 5) is 8.18. The van der Waals surface area contributed by atoms with E-state index in [4.69, 9.17) is 6.42 Å². The SMILES string of the molecule is C#C[Si](C)(C)Cc1cnccn1. The highest BCUT2D eigenvalue weighted by Crippen LogP contribution is 2.06. The van der Waals surface area contributed by atoms with Gasteiger partial charge in [-0.1, -0.05) is 13.1 Å². The minimum atomic E-state index is -1.49. The first kappa shape index (κ1) is 8.95. The predicted molar refractivity (Wildman–Crippen MR) is 52.1 cm³/mol. The summed E-state index contributed by atoms with van der Waals surface area (Å²) in [6, 6.07) is 0.914. The van der Waals surface area contributed by atoms with Gasteiger partial charge in [-0.2, -0.15) is 0 Å². The van der Waals surface area contributed by atoms with Crippen LogP contribution in [0.15, 0.2) is 18.6 Å². The molecule has 2 nitrogen and oxygen atoms in total. The summed E-state index contributed by atoms with van der Waals surface area (Å²) in [7, 11) is -1.49. The minimum absolute atomic E-state index is 0.914. The van der Waals surface area contributed by atoms with Gasteiger partial charge in [-0.25, -0.2) is 0 Å². The Morgan fingerprint density at radius 3 is 2.75 bits per heavy atom. The number of rotatable bonds is 2. The fourth-order valence-corrected chi connectivity index (χ4v) is 2.12. The van der Waals surface area contributed by atoms with Crippen molar-refractivity contribution in [3.8, 4) is 12.0 Å². The maximum Gasteiger partial charge on any atom is 0.137 e. The molecule has 12 heavy (non-hydrogen) atoms. The zero-order valence-electron chi connectivity index (χ0n) is 7.41. The Balaban J connectivity index is 2.72. The van der Waals surface area contributed by atoms with E-state index in [-0.39, 0.29) is 0 Å². The summed E-state index contributed by atoms with van der Waals surface area (Å²) in [6.45, 7) is 4.31. The van der Waals surface area contributed by atoms with Gasteiger partial charge in [-0.3, -0.25) is 9.97 Å². The van der Waals surface area contributed by atoms with Crippen LogP contribution in [-0.4, -0.2) is 18.0 Å². The van der Waals surface area contributed by atoms with E-state index in [1.165, 1.54) is 0 Å². The first-order valence-corrected chi connectivity index (χ1v) is 7.07. The van der Waals surface area contributed by atoms with E-state index in [9.17, 15) is 0 Å². The van der Waals surface area contributed by atoms with E-state index in [0.29, 0.717) is 0 Å². The second-order valence-electron chi connectivity index (χ2n) is 3.40. The lowest BCUT2D eigenvalue weighted by Gasteiger charge is -2.12. The summed E-state index contributed by atoms with van der Waals surface area (Å²) in [6.07, 6.45) is 10.6. The van der Waals surface area contributed by atoms with E-state index in [1.807, 2.05) is 0 Å². The second-order valence-corrected chi connectivity index (χ2v) is 7.81. The van der Waals surface area contributed by atoms with Gasteiger partial charge in [0, 0.05) is 18.6 Å². The predicted octanol–water partition coefficient (Wildman–Crippen LogP) is 1.44. The quantitative estimate of drug-likeness (QED) is 0.503. The third kappa shape index (κ3) is 2.48. The average molecular weight is 176 g/mol. The highest BCUT2D eigenvalue weighted by Gasteiger charge is 2.18. The molecule has 62 valence electrons. The highest BCUT2D eigenvalue weighted by atomic mass is 28.3. The maximum atomic E-state index is 5.42. The molecule has 1 heterocycles. The molecule has 0 aliphatic heterocycles. The van der Waals surface area contributed by atoms with Crippen LogP contribution in [-0.2, 0) is 6.04 Å². The van der Waals surface area contributed by atoms with Gasteiger partial charge in [0.2, 0.25) is 0 Å². The Morgan fingerprint density at radius 2 is 2.25 bits per heavy atom. The van der Waals surface area contributed by atoms with Crippen LogP contribution in [0.5, 0.6) is 0 Å². The molecule has 0 aliphatic rings. The monoisotopic (exact) mass is 176 g/mol. The van der Waals surface area contributed by atoms with Gasteiger partial charge < -0.3 is 0 Å². The van der Waals surface area contributed by atoms with Crippen LogP contribution in [0.3, 0.4) is 0 Å². The fourth-order valence-electron chi connectivity index (χ4n) is 0.925. The summed E-state index contributed by atoms with van der Waals surface area (Å²) in [5.41, 5.74) is 3.87. The van der Waals surface area contributed by atoms with E-state index in [0.717, 1.165) is 11.7 Å². The van der Waals surface area contributed by atoms with Gasteiger partial charge >= 0.3 is 0 Å². The molecule has 0 aliphatic carbocycles. The Kier molecular flexibility index (Phi) is 2.61. The standard InChI is InChI=1S/C9H12N2Si/c1-4-12(2,3)8-9-7-10-5-6-11-9/h1,5-7H,8H2,2-3H3. The summed E-state index contributed by atoms with van der Waals surface area (Å²) < 4.78 is 0. The molecular weight excluding hydrogens is 164 g/mol. The first-order valence-electron chi connectivity index (χ1n) is 3.87. The normalized spacial score (nSPS) is 10.8. The Hall–Kier alpha value is -1.14. The van der Waals surface area contributed by atoms with E-state index in [1.54, 1.807) is 18.6 Å². The summed E-state index contributed by atoms with van der Waals surface area (Å²) in [5, 5.41) is 0. The first-order chi connectivity index (χ1) is 5.64. The molecule has 0 saturated heterocycles. The van der Waals surface area contributed by atoms with Gasteiger partial charge in [0.1, 0.15) is 8.07 Å². The Morgan fingerprint density at radius 1 is 1.50 bits per heavy atom. The van der Waals surface area contributed by atoms with E-state index >= 15 is 0 Å². The molecule has 1 aromatic heterocycles. The second kappa shape index (κ2) is 3.50. The number of nitrogens with zero attached hydrogens (tertiary/aromatic N) is 2. The van der Waals surface area contributed by atoms with Crippen molar-refractivity contribution in [3.05, 3.63) is 24.3 Å². The van der Waals surface area contributed by atoms with Crippen molar-refractivity contribution in [2.75, 3.05) is 0 Å². The van der Waals surface area contributed by atoms with Gasteiger partial charge in [0.25, 0.3) is 0 Å². The van der Waals surface area contributed by atoms with Crippen LogP contribution < -0.4 is 0 Å². The molecule has 0 radical (unpaired) electrons. The van der Waals surface area contributed by atoms with Crippen LogP contribution in [0, 0.1) is 12.0 Å². The van der Waals surface area contributed by atoms with Crippen molar-refractivity contribution in [3.63, 3.8) is 0 Å². The van der Waals surface area contributed by atoms with Gasteiger partial charge in [-0.15, -0.1) is 12.0 Å². The molecule has 1 rings (SSSR count). The van der Waals surface area contributed by atoms with Crippen molar-refractivity contribution in [2.24, 2.45) is 0 Å². The van der Waals surface area contributed by atoms with Crippen molar-refractivity contribution >= 4 is 8.07 Å². The third-order valence-electron chi connectivity index (χ3n) is 1.63. The number of terminal acetylenes is 1. The van der Waals surface area contributed by atoms with Crippen LogP contribution in [0.2, 0.25) is 13.1 Å². The molecule has 3 heteroatoms. The molecule has 0 spiro atoms. The molecule has 1 aromatic rings. The lowest BCUT2D eigenvalue weighted by atomic mass is 10.5. The van der Waals surface area contributed by atoms with Gasteiger partial charge in [0.05, 0.1) is 5.69 Å². The van der Waals surface area contributed by atoms with Crippen LogP contribution in [0.4, 0.5) is 0 Å². The lowest BCUT2D eigenvalue weighted by Crippen LogP contribution is -2.27. The minimum Gasteiger partial charge on any atom is -0.261 e. The zero-order chi connectivity index (χ0) is 9.03. The van der Waals surface area contributed by atoms with Crippen molar-refractivity contribution in [1.29, 1.82) is 0 Å². The molecule has 0 fully saturated rings. The maximum absolute atomic E-state index is 5.42. The fraction of sp³-hybridized carbons (Fsp3) is 0.333. The molecule has 0 atom stereocenters. The lowest BCUT2D eigenvalue weighted by molar-refractivity contribution is 1.08. The summed E-state index contributed by atoms with van der Waals surface area (Å²) in [5.74, 6) is 0. The Bertz CT molecular complexity index is 287. The van der Waals surface area contributed by atoms with Crippen molar-refractivity contribution < 1.29 is 0 Å². The van der Waals surface area contributed by atoms with Crippen molar-refractivity contribution in [2.45, 2.75) is 19.1 Å². The smallest absolute Gasteiger partial charge is 0.137 e. The van der Waals surface area contributed by atoms with Gasteiger partial charge in [-0.05, 0) is 6.04 Å². The van der Waals surface area contributed by atoms with Crippen LogP contribution >= 0.6 is 0 Å². The zero-order valence-corrected chi connectivity index (χ0v) is 8.41. The molecule has 0 bridgehead atoms. The third-order valence-corrected chi connectivity index (χ3v) is 3.66. The molecular formula is C9H12N2Si. The molecule has 0 aromatic carbocycles.